The summed E-state index contributed by atoms with van der Waals surface area (Å²) >= 11 is 0. The van der Waals surface area contributed by atoms with Crippen molar-refractivity contribution < 1.29 is 0 Å². The van der Waals surface area contributed by atoms with Gasteiger partial charge in [0.25, 0.3) is 0 Å². The molecule has 0 radical (unpaired) electrons. The highest BCUT2D eigenvalue weighted by Crippen LogP contribution is 2.32. The van der Waals surface area contributed by atoms with E-state index in [1.54, 1.807) is 0 Å². The van der Waals surface area contributed by atoms with Crippen LogP contribution >= 0.6 is 0 Å². The highest BCUT2D eigenvalue weighted by Gasteiger charge is 2.31. The van der Waals surface area contributed by atoms with Gasteiger partial charge < -0.3 is 10.6 Å². The van der Waals surface area contributed by atoms with Crippen LogP contribution in [0.25, 0.3) is 10.8 Å². The van der Waals surface area contributed by atoms with E-state index >= 15 is 0 Å². The maximum absolute atomic E-state index is 6.08. The van der Waals surface area contributed by atoms with Crippen molar-refractivity contribution >= 4 is 16.7 Å². The van der Waals surface area contributed by atoms with Crippen molar-refractivity contribution in [1.82, 2.24) is 9.88 Å². The van der Waals surface area contributed by atoms with Gasteiger partial charge in [0.2, 0.25) is 0 Å². The van der Waals surface area contributed by atoms with Crippen LogP contribution in [-0.4, -0.2) is 28.4 Å². The zero-order chi connectivity index (χ0) is 14.1. The van der Waals surface area contributed by atoms with Crippen LogP contribution in [0.4, 0.5) is 0 Å². The number of rotatable bonds is 3. The van der Waals surface area contributed by atoms with Crippen molar-refractivity contribution in [3.05, 3.63) is 42.2 Å². The molecule has 20 heavy (non-hydrogen) atoms. The van der Waals surface area contributed by atoms with Gasteiger partial charge >= 0.3 is 0 Å². The highest BCUT2D eigenvalue weighted by atomic mass is 15.3. The van der Waals surface area contributed by atoms with Gasteiger partial charge in [-0.3, -0.25) is 9.98 Å². The lowest BCUT2D eigenvalue weighted by molar-refractivity contribution is 0.269. The maximum atomic E-state index is 6.08. The zero-order valence-corrected chi connectivity index (χ0v) is 12.0. The first-order valence-corrected chi connectivity index (χ1v) is 7.13. The van der Waals surface area contributed by atoms with Gasteiger partial charge in [-0.1, -0.05) is 31.2 Å². The predicted molar refractivity (Wildman–Crippen MR) is 82.6 cm³/mol. The lowest BCUT2D eigenvalue weighted by atomic mass is 10.00. The van der Waals surface area contributed by atoms with Crippen LogP contribution in [0.2, 0.25) is 0 Å². The van der Waals surface area contributed by atoms with E-state index in [2.05, 4.69) is 46.9 Å². The molecule has 0 aliphatic carbocycles. The van der Waals surface area contributed by atoms with Crippen molar-refractivity contribution in [3.63, 3.8) is 0 Å². The Morgan fingerprint density at radius 2 is 2.15 bits per heavy atom. The summed E-state index contributed by atoms with van der Waals surface area (Å²) in [6.07, 6.45) is 4.91. The Morgan fingerprint density at radius 3 is 2.95 bits per heavy atom. The first-order valence-electron chi connectivity index (χ1n) is 7.13. The second-order valence-corrected chi connectivity index (χ2v) is 5.33. The quantitative estimate of drug-likeness (QED) is 0.931. The molecule has 2 aromatic rings. The lowest BCUT2D eigenvalue weighted by Crippen LogP contribution is -2.42. The van der Waals surface area contributed by atoms with Gasteiger partial charge in [-0.25, -0.2) is 0 Å². The molecule has 104 valence electrons. The van der Waals surface area contributed by atoms with E-state index in [0.717, 1.165) is 6.42 Å². The predicted octanol–water partition coefficient (Wildman–Crippen LogP) is 2.70. The molecule has 1 aliphatic rings. The number of nitrogens with zero attached hydrogens (tertiary/aromatic N) is 3. The number of hydrogen-bond acceptors (Lipinski definition) is 4. The first-order chi connectivity index (χ1) is 9.72. The molecule has 3 rings (SSSR count). The van der Waals surface area contributed by atoms with E-state index in [0.29, 0.717) is 18.5 Å². The van der Waals surface area contributed by atoms with Crippen molar-refractivity contribution in [2.45, 2.75) is 32.4 Å². The molecule has 0 saturated heterocycles. The number of guanidine groups is 1. The summed E-state index contributed by atoms with van der Waals surface area (Å²) in [5.74, 6) is 0.650. The maximum Gasteiger partial charge on any atom is 0.192 e. The smallest absolute Gasteiger partial charge is 0.192 e. The molecule has 4 nitrogen and oxygen atoms in total. The van der Waals surface area contributed by atoms with Crippen LogP contribution in [0.15, 0.2) is 41.7 Å². The molecule has 0 bridgehead atoms. The fraction of sp³-hybridized carbons (Fsp3) is 0.375. The number of pyridine rings is 1. The molecule has 0 spiro atoms. The molecule has 1 aliphatic heterocycles. The second-order valence-electron chi connectivity index (χ2n) is 5.33. The van der Waals surface area contributed by atoms with Gasteiger partial charge in [0.05, 0.1) is 12.6 Å². The average Bonchev–Trinajstić information content (AvgIpc) is 2.87. The van der Waals surface area contributed by atoms with Gasteiger partial charge in [0.15, 0.2) is 5.96 Å². The van der Waals surface area contributed by atoms with E-state index in [1.807, 2.05) is 18.5 Å². The summed E-state index contributed by atoms with van der Waals surface area (Å²) in [6.45, 7) is 5.08. The molecular weight excluding hydrogens is 248 g/mol. The van der Waals surface area contributed by atoms with Crippen LogP contribution in [0, 0.1) is 0 Å². The molecule has 2 N–H and O–H groups in total. The topological polar surface area (TPSA) is 54.5 Å². The third kappa shape index (κ3) is 2.01. The van der Waals surface area contributed by atoms with Crippen molar-refractivity contribution in [3.8, 4) is 0 Å². The highest BCUT2D eigenvalue weighted by molar-refractivity contribution is 5.87. The summed E-state index contributed by atoms with van der Waals surface area (Å²) in [7, 11) is 0. The number of aliphatic imine (C=N–C) groups is 1. The van der Waals surface area contributed by atoms with Gasteiger partial charge in [0.1, 0.15) is 0 Å². The molecule has 2 atom stereocenters. The second kappa shape index (κ2) is 5.12. The molecule has 4 heteroatoms. The summed E-state index contributed by atoms with van der Waals surface area (Å²) in [5, 5.41) is 2.41. The summed E-state index contributed by atoms with van der Waals surface area (Å²) in [6, 6.07) is 8.93. The number of nitrogens with two attached hydrogens (primary N) is 1. The third-order valence-corrected chi connectivity index (χ3v) is 4.15. The molecule has 1 aromatic heterocycles. The Kier molecular flexibility index (Phi) is 3.30. The fourth-order valence-electron chi connectivity index (χ4n) is 2.89. The SMILES string of the molecule is CCC(C)N1C(N)=NCC1c1cncc2ccccc12. The Hall–Kier alpha value is -2.10. The van der Waals surface area contributed by atoms with E-state index in [9.17, 15) is 0 Å². The minimum absolute atomic E-state index is 0.198. The monoisotopic (exact) mass is 268 g/mol. The minimum atomic E-state index is 0.198. The van der Waals surface area contributed by atoms with Crippen molar-refractivity contribution in [1.29, 1.82) is 0 Å². The van der Waals surface area contributed by atoms with E-state index in [-0.39, 0.29) is 6.04 Å². The zero-order valence-electron chi connectivity index (χ0n) is 12.0. The Morgan fingerprint density at radius 1 is 1.35 bits per heavy atom. The minimum Gasteiger partial charge on any atom is -0.370 e. The molecular formula is C16H20N4. The molecule has 0 saturated carbocycles. The molecule has 0 fully saturated rings. The fourth-order valence-corrected chi connectivity index (χ4v) is 2.89. The van der Waals surface area contributed by atoms with Crippen LogP contribution in [0.5, 0.6) is 0 Å². The number of aromatic nitrogens is 1. The van der Waals surface area contributed by atoms with Crippen LogP contribution in [0.1, 0.15) is 31.9 Å². The number of hydrogen-bond donors (Lipinski definition) is 1. The largest absolute Gasteiger partial charge is 0.370 e. The number of fused-ring (bicyclic) bond motifs is 1. The third-order valence-electron chi connectivity index (χ3n) is 4.15. The average molecular weight is 268 g/mol. The van der Waals surface area contributed by atoms with E-state index in [1.165, 1.54) is 16.3 Å². The summed E-state index contributed by atoms with van der Waals surface area (Å²) in [5.41, 5.74) is 7.30. The van der Waals surface area contributed by atoms with Crippen LogP contribution < -0.4 is 5.73 Å². The van der Waals surface area contributed by atoms with Crippen LogP contribution in [0.3, 0.4) is 0 Å². The first kappa shape index (κ1) is 12.9. The van der Waals surface area contributed by atoms with E-state index in [4.69, 9.17) is 5.73 Å². The Labute approximate surface area is 119 Å². The molecule has 2 unspecified atom stereocenters. The molecule has 2 heterocycles. The van der Waals surface area contributed by atoms with Crippen molar-refractivity contribution in [2.24, 2.45) is 10.7 Å². The molecule has 0 amide bonds. The van der Waals surface area contributed by atoms with Crippen LogP contribution in [-0.2, 0) is 0 Å². The lowest BCUT2D eigenvalue weighted by Gasteiger charge is -2.32. The number of benzene rings is 1. The normalized spacial score (nSPS) is 20.2. The van der Waals surface area contributed by atoms with Gasteiger partial charge in [-0.2, -0.15) is 0 Å². The van der Waals surface area contributed by atoms with Gasteiger partial charge in [-0.05, 0) is 18.7 Å². The van der Waals surface area contributed by atoms with Gasteiger partial charge in [-0.15, -0.1) is 0 Å². The van der Waals surface area contributed by atoms with E-state index < -0.39 is 0 Å². The summed E-state index contributed by atoms with van der Waals surface area (Å²) in [4.78, 5) is 11.1. The van der Waals surface area contributed by atoms with Crippen molar-refractivity contribution in [2.75, 3.05) is 6.54 Å². The Balaban J connectivity index is 2.07. The summed E-state index contributed by atoms with van der Waals surface area (Å²) < 4.78 is 0. The standard InChI is InChI=1S/C16H20N4/c1-3-11(2)20-15(10-19-16(20)17)14-9-18-8-12-6-4-5-7-13(12)14/h4-9,11,15H,3,10H2,1-2H3,(H2,17,19). The Bertz CT molecular complexity index is 644. The van der Waals surface area contributed by atoms with Gasteiger partial charge in [0, 0.05) is 29.4 Å². The molecule has 1 aromatic carbocycles.